The largest absolute Gasteiger partial charge is 0.477 e. The quantitative estimate of drug-likeness (QED) is 0.779. The number of carboxylic acids is 1. The van der Waals surface area contributed by atoms with E-state index in [-0.39, 0.29) is 11.5 Å². The van der Waals surface area contributed by atoms with E-state index in [0.29, 0.717) is 21.4 Å². The molecule has 2 heterocycles. The van der Waals surface area contributed by atoms with Crippen LogP contribution in [0.4, 0.5) is 4.39 Å². The van der Waals surface area contributed by atoms with Gasteiger partial charge >= 0.3 is 5.97 Å². The van der Waals surface area contributed by atoms with Crippen LogP contribution >= 0.6 is 15.9 Å². The maximum atomic E-state index is 13.2. The minimum atomic E-state index is -1.03. The standard InChI is InChI=1S/C14H8BrFN2O2/c15-9-6-8(4-5-10(9)16)11-7-18-12(14(19)20)2-1-3-13(18)17-11/h1-7H,(H,19,20). The third kappa shape index (κ3) is 2.08. The fourth-order valence-electron chi connectivity index (χ4n) is 1.98. The molecule has 3 rings (SSSR count). The third-order valence-corrected chi connectivity index (χ3v) is 3.53. The molecule has 100 valence electrons. The van der Waals surface area contributed by atoms with Crippen molar-refractivity contribution in [3.63, 3.8) is 0 Å². The fourth-order valence-corrected chi connectivity index (χ4v) is 2.36. The summed E-state index contributed by atoms with van der Waals surface area (Å²) in [5.41, 5.74) is 1.94. The van der Waals surface area contributed by atoms with Crippen LogP contribution in [0.25, 0.3) is 16.9 Å². The molecule has 6 heteroatoms. The molecule has 0 aliphatic rings. The summed E-state index contributed by atoms with van der Waals surface area (Å²) in [5, 5.41) is 9.14. The van der Waals surface area contributed by atoms with Crippen molar-refractivity contribution in [3.8, 4) is 11.3 Å². The van der Waals surface area contributed by atoms with E-state index in [1.54, 1.807) is 30.5 Å². The highest BCUT2D eigenvalue weighted by Gasteiger charge is 2.12. The Balaban J connectivity index is 2.20. The van der Waals surface area contributed by atoms with Crippen molar-refractivity contribution in [2.75, 3.05) is 0 Å². The van der Waals surface area contributed by atoms with Crippen LogP contribution < -0.4 is 0 Å². The molecule has 0 unspecified atom stereocenters. The van der Waals surface area contributed by atoms with Gasteiger partial charge in [0.2, 0.25) is 0 Å². The fraction of sp³-hybridized carbons (Fsp3) is 0. The molecule has 4 nitrogen and oxygen atoms in total. The summed E-state index contributed by atoms with van der Waals surface area (Å²) in [5.74, 6) is -1.39. The Hall–Kier alpha value is -2.21. The number of aromatic carboxylic acids is 1. The topological polar surface area (TPSA) is 54.6 Å². The molecule has 0 fully saturated rings. The lowest BCUT2D eigenvalue weighted by Gasteiger charge is -1.99. The molecule has 1 N–H and O–H groups in total. The van der Waals surface area contributed by atoms with Gasteiger partial charge in [-0.1, -0.05) is 6.07 Å². The van der Waals surface area contributed by atoms with Crippen LogP contribution in [0.5, 0.6) is 0 Å². The van der Waals surface area contributed by atoms with Gasteiger partial charge in [-0.25, -0.2) is 14.2 Å². The predicted molar refractivity (Wildman–Crippen MR) is 75.2 cm³/mol. The SMILES string of the molecule is O=C(O)c1cccc2nc(-c3ccc(F)c(Br)c3)cn12. The number of hydrogen-bond donors (Lipinski definition) is 1. The smallest absolute Gasteiger partial charge is 0.352 e. The molecule has 0 amide bonds. The molecule has 0 bridgehead atoms. The molecule has 0 radical (unpaired) electrons. The number of halogens is 2. The molecule has 2 aromatic heterocycles. The van der Waals surface area contributed by atoms with Crippen molar-refractivity contribution in [2.24, 2.45) is 0 Å². The van der Waals surface area contributed by atoms with Crippen LogP contribution in [0.1, 0.15) is 10.5 Å². The molecular formula is C14H8BrFN2O2. The third-order valence-electron chi connectivity index (χ3n) is 2.93. The molecule has 0 spiro atoms. The molecule has 0 atom stereocenters. The second-order valence-corrected chi connectivity index (χ2v) is 5.05. The second-order valence-electron chi connectivity index (χ2n) is 4.20. The first-order valence-electron chi connectivity index (χ1n) is 5.73. The lowest BCUT2D eigenvalue weighted by atomic mass is 10.2. The molecule has 3 aromatic rings. The molecule has 0 saturated carbocycles. The number of carboxylic acid groups (broad SMARTS) is 1. The van der Waals surface area contributed by atoms with Gasteiger partial charge in [-0.3, -0.25) is 4.40 Å². The monoisotopic (exact) mass is 334 g/mol. The average Bonchev–Trinajstić information content (AvgIpc) is 2.85. The lowest BCUT2D eigenvalue weighted by molar-refractivity contribution is 0.0689. The van der Waals surface area contributed by atoms with Crippen LogP contribution in [-0.4, -0.2) is 20.5 Å². The van der Waals surface area contributed by atoms with Gasteiger partial charge in [0.1, 0.15) is 17.2 Å². The lowest BCUT2D eigenvalue weighted by Crippen LogP contribution is -2.03. The molecule has 0 aliphatic carbocycles. The molecule has 1 aromatic carbocycles. The van der Waals surface area contributed by atoms with Crippen LogP contribution in [-0.2, 0) is 0 Å². The van der Waals surface area contributed by atoms with E-state index in [4.69, 9.17) is 5.11 Å². The Morgan fingerprint density at radius 2 is 2.10 bits per heavy atom. The van der Waals surface area contributed by atoms with Gasteiger partial charge in [0.15, 0.2) is 0 Å². The van der Waals surface area contributed by atoms with Crippen LogP contribution in [0, 0.1) is 5.82 Å². The van der Waals surface area contributed by atoms with Gasteiger partial charge in [0, 0.05) is 11.8 Å². The highest BCUT2D eigenvalue weighted by Crippen LogP contribution is 2.25. The van der Waals surface area contributed by atoms with E-state index in [9.17, 15) is 9.18 Å². The van der Waals surface area contributed by atoms with Crippen molar-refractivity contribution in [1.29, 1.82) is 0 Å². The number of aromatic nitrogens is 2. The Kier molecular flexibility index (Phi) is 3.02. The predicted octanol–water partition coefficient (Wildman–Crippen LogP) is 3.60. The number of carbonyl (C=O) groups is 1. The Labute approximate surface area is 121 Å². The normalized spacial score (nSPS) is 10.9. The molecule has 20 heavy (non-hydrogen) atoms. The first-order valence-corrected chi connectivity index (χ1v) is 6.52. The van der Waals surface area contributed by atoms with Gasteiger partial charge in [-0.15, -0.1) is 0 Å². The first-order chi connectivity index (χ1) is 9.56. The number of imidazole rings is 1. The number of benzene rings is 1. The Morgan fingerprint density at radius 1 is 1.30 bits per heavy atom. The molecular weight excluding hydrogens is 327 g/mol. The van der Waals surface area contributed by atoms with Crippen LogP contribution in [0.2, 0.25) is 0 Å². The van der Waals surface area contributed by atoms with Crippen molar-refractivity contribution in [3.05, 3.63) is 58.6 Å². The molecule has 0 aliphatic heterocycles. The minimum Gasteiger partial charge on any atom is -0.477 e. The summed E-state index contributed by atoms with van der Waals surface area (Å²) in [6.45, 7) is 0. The highest BCUT2D eigenvalue weighted by molar-refractivity contribution is 9.10. The van der Waals surface area contributed by atoms with Crippen LogP contribution in [0.3, 0.4) is 0 Å². The maximum absolute atomic E-state index is 13.2. The van der Waals surface area contributed by atoms with Gasteiger partial charge in [-0.2, -0.15) is 0 Å². The highest BCUT2D eigenvalue weighted by atomic mass is 79.9. The first kappa shape index (κ1) is 12.8. The zero-order chi connectivity index (χ0) is 14.3. The van der Waals surface area contributed by atoms with Gasteiger partial charge in [0.25, 0.3) is 0 Å². The minimum absolute atomic E-state index is 0.127. The van der Waals surface area contributed by atoms with Gasteiger partial charge in [0.05, 0.1) is 10.2 Å². The van der Waals surface area contributed by atoms with E-state index in [1.807, 2.05) is 0 Å². The summed E-state index contributed by atoms with van der Waals surface area (Å²) >= 11 is 3.12. The Bertz CT molecular complexity index is 829. The number of nitrogens with zero attached hydrogens (tertiary/aromatic N) is 2. The average molecular weight is 335 g/mol. The van der Waals surface area contributed by atoms with Crippen molar-refractivity contribution >= 4 is 27.5 Å². The van der Waals surface area contributed by atoms with Crippen molar-refractivity contribution in [1.82, 2.24) is 9.38 Å². The number of pyridine rings is 1. The zero-order valence-electron chi connectivity index (χ0n) is 10.0. The van der Waals surface area contributed by atoms with Gasteiger partial charge in [-0.05, 0) is 46.3 Å². The second kappa shape index (κ2) is 4.72. The van der Waals surface area contributed by atoms with Crippen LogP contribution in [0.15, 0.2) is 47.1 Å². The summed E-state index contributed by atoms with van der Waals surface area (Å²) in [6.07, 6.45) is 1.62. The summed E-state index contributed by atoms with van der Waals surface area (Å²) in [4.78, 5) is 15.5. The number of hydrogen-bond acceptors (Lipinski definition) is 2. The number of fused-ring (bicyclic) bond motifs is 1. The van der Waals surface area contributed by atoms with E-state index in [2.05, 4.69) is 20.9 Å². The zero-order valence-corrected chi connectivity index (χ0v) is 11.6. The van der Waals surface area contributed by atoms with Crippen molar-refractivity contribution < 1.29 is 14.3 Å². The van der Waals surface area contributed by atoms with Crippen molar-refractivity contribution in [2.45, 2.75) is 0 Å². The van der Waals surface area contributed by atoms with E-state index < -0.39 is 5.97 Å². The van der Waals surface area contributed by atoms with Gasteiger partial charge < -0.3 is 5.11 Å². The van der Waals surface area contributed by atoms with E-state index in [0.717, 1.165) is 0 Å². The number of rotatable bonds is 2. The summed E-state index contributed by atoms with van der Waals surface area (Å²) in [7, 11) is 0. The molecule has 0 saturated heterocycles. The summed E-state index contributed by atoms with van der Waals surface area (Å²) in [6, 6.07) is 9.40. The van der Waals surface area contributed by atoms with E-state index >= 15 is 0 Å². The Morgan fingerprint density at radius 3 is 2.80 bits per heavy atom. The van der Waals surface area contributed by atoms with E-state index in [1.165, 1.54) is 16.5 Å². The summed E-state index contributed by atoms with van der Waals surface area (Å²) < 4.78 is 15.1. The maximum Gasteiger partial charge on any atom is 0.352 e.